The van der Waals surface area contributed by atoms with Crippen molar-refractivity contribution in [3.63, 3.8) is 0 Å². The Balaban J connectivity index is 1.14. The number of rotatable bonds is 11. The van der Waals surface area contributed by atoms with E-state index in [9.17, 15) is 57.0 Å². The quantitative estimate of drug-likeness (QED) is 0.0365. The van der Waals surface area contributed by atoms with Gasteiger partial charge in [0.2, 0.25) is 0 Å². The monoisotopic (exact) mass is 910 g/mol. The van der Waals surface area contributed by atoms with E-state index >= 15 is 0 Å². The maximum absolute atomic E-state index is 12.5. The van der Waals surface area contributed by atoms with Crippen molar-refractivity contribution in [1.29, 1.82) is 0 Å². The van der Waals surface area contributed by atoms with Gasteiger partial charge in [-0.1, -0.05) is 0 Å². The van der Waals surface area contributed by atoms with E-state index in [1.807, 2.05) is 0 Å². The number of benzene rings is 6. The molecule has 1 aliphatic rings. The first kappa shape index (κ1) is 42.8. The summed E-state index contributed by atoms with van der Waals surface area (Å²) in [6.07, 6.45) is 1.27. The van der Waals surface area contributed by atoms with Crippen LogP contribution in [0.15, 0.2) is 129 Å². The van der Waals surface area contributed by atoms with Crippen molar-refractivity contribution in [2.45, 2.75) is 45.3 Å². The zero-order chi connectivity index (χ0) is 44.4. The number of phenolic OH excluding ortho intramolecular Hbond substituents is 1. The van der Waals surface area contributed by atoms with Gasteiger partial charge in [-0.25, -0.2) is 0 Å². The molecular weight excluding hydrogens is 881 g/mol. The third-order valence-electron chi connectivity index (χ3n) is 9.34. The van der Waals surface area contributed by atoms with Crippen molar-refractivity contribution >= 4 is 108 Å². The topological polar surface area (TPSA) is 364 Å². The molecule has 1 saturated carbocycles. The lowest BCUT2D eigenvalue weighted by molar-refractivity contribution is 0.472. The summed E-state index contributed by atoms with van der Waals surface area (Å²) in [5, 5.41) is 35.5. The zero-order valence-corrected chi connectivity index (χ0v) is 34.2. The van der Waals surface area contributed by atoms with E-state index in [1.165, 1.54) is 42.5 Å². The maximum Gasteiger partial charge on any atom is 0.296 e. The van der Waals surface area contributed by atoms with Gasteiger partial charge < -0.3 is 16.6 Å². The minimum absolute atomic E-state index is 0.0505. The predicted molar refractivity (Wildman–Crippen MR) is 220 cm³/mol. The summed E-state index contributed by atoms with van der Waals surface area (Å²) >= 11 is 0. The van der Waals surface area contributed by atoms with E-state index in [-0.39, 0.29) is 50.5 Å². The van der Waals surface area contributed by atoms with Crippen molar-refractivity contribution in [3.8, 4) is 5.75 Å². The second kappa shape index (κ2) is 15.3. The molecule has 0 unspecified atom stereocenters. The van der Waals surface area contributed by atoms with Crippen LogP contribution in [0, 0.1) is 6.92 Å². The number of nitrogens with zero attached hydrogens (tertiary/aromatic N) is 6. The smallest absolute Gasteiger partial charge is 0.296 e. The molecule has 0 heterocycles. The molecule has 7 rings (SSSR count). The molecule has 0 spiro atoms. The lowest BCUT2D eigenvalue weighted by atomic mass is 9.97. The average molecular weight is 911 g/mol. The fraction of sp³-hybridized carbons (Fsp3) is 0.111. The molecule has 6 aromatic carbocycles. The Hall–Kier alpha value is -6.32. The predicted octanol–water partition coefficient (Wildman–Crippen LogP) is 8.28. The van der Waals surface area contributed by atoms with Crippen LogP contribution in [0.3, 0.4) is 0 Å². The first-order chi connectivity index (χ1) is 28.4. The molecule has 21 nitrogen and oxygen atoms in total. The summed E-state index contributed by atoms with van der Waals surface area (Å²) in [4.78, 5) is -2.80. The fourth-order valence-electron chi connectivity index (χ4n) is 6.42. The molecular formula is C36H30N8O13S4. The third kappa shape index (κ3) is 8.93. The number of fused-ring (bicyclic) bond motifs is 2. The van der Waals surface area contributed by atoms with E-state index in [0.29, 0.717) is 40.7 Å². The van der Waals surface area contributed by atoms with Crippen LogP contribution in [0.5, 0.6) is 5.75 Å². The number of nitrogen functional groups attached to an aromatic ring is 2. The Labute approximate surface area is 346 Å². The normalized spacial score (nSPS) is 14.3. The summed E-state index contributed by atoms with van der Waals surface area (Å²) in [6.45, 7) is 1.66. The van der Waals surface area contributed by atoms with Crippen LogP contribution in [0.25, 0.3) is 21.5 Å². The molecule has 0 aromatic heterocycles. The number of phenols is 1. The van der Waals surface area contributed by atoms with Gasteiger partial charge >= 0.3 is 0 Å². The van der Waals surface area contributed by atoms with Gasteiger partial charge in [-0.2, -0.15) is 54.1 Å². The van der Waals surface area contributed by atoms with E-state index < -0.39 is 71.5 Å². The van der Waals surface area contributed by atoms with Crippen LogP contribution in [-0.2, 0) is 40.5 Å². The number of aryl methyl sites for hydroxylation is 1. The molecule has 25 heteroatoms. The third-order valence-corrected chi connectivity index (χ3v) is 12.7. The van der Waals surface area contributed by atoms with Gasteiger partial charge in [-0.3, -0.25) is 18.2 Å². The number of aromatic hydroxyl groups is 1. The SMILES string of the molecule is Cc1cc(/N=N/c2c(S(=O)(=O)O)cc3cc(S(=O)(=O)O)cc(N)c3c2O)ccc1/N=N/c1ccc(/N=N/c2c(S(=O)(=O)O)cc3cc(S(=O)(=O)O)cc(N)c3c2C2CC2)cc1. The van der Waals surface area contributed by atoms with Gasteiger partial charge in [-0.15, -0.1) is 10.2 Å². The van der Waals surface area contributed by atoms with Crippen molar-refractivity contribution in [2.75, 3.05) is 11.5 Å². The standard InChI is InChI=1S/C36H30N8O13S4/c1-17-10-23(41-44-35-30(61(55,56)57)14-20-12-25(59(49,50)51)16-27(38)32(20)36(35)45)8-9-28(17)42-39-21-4-6-22(7-5-21)40-43-34-29(60(52,53)54)13-19-11-24(58(46,47)48)15-26(37)31(19)33(34)18-2-3-18/h4-16,18,45H,2-3,37-38H2,1H3,(H,46,47,48)(H,49,50,51)(H,52,53,54)(H,55,56,57)/b42-39+,43-40+,44-41+. The first-order valence-electron chi connectivity index (χ1n) is 17.3. The minimum atomic E-state index is -5.07. The molecule has 1 aliphatic carbocycles. The van der Waals surface area contributed by atoms with Crippen LogP contribution < -0.4 is 11.5 Å². The van der Waals surface area contributed by atoms with Crippen LogP contribution in [0.2, 0.25) is 0 Å². The Morgan fingerprint density at radius 3 is 1.46 bits per heavy atom. The van der Waals surface area contributed by atoms with Gasteiger partial charge in [0.25, 0.3) is 40.5 Å². The van der Waals surface area contributed by atoms with Crippen molar-refractivity contribution in [2.24, 2.45) is 30.7 Å². The minimum Gasteiger partial charge on any atom is -0.505 e. The molecule has 0 bridgehead atoms. The van der Waals surface area contributed by atoms with E-state index in [2.05, 4.69) is 30.7 Å². The Morgan fingerprint density at radius 1 is 0.525 bits per heavy atom. The number of azo groups is 3. The van der Waals surface area contributed by atoms with E-state index in [0.717, 1.165) is 36.4 Å². The average Bonchev–Trinajstić information content (AvgIpc) is 4.00. The lowest BCUT2D eigenvalue weighted by Gasteiger charge is -2.15. The molecule has 0 amide bonds. The highest BCUT2D eigenvalue weighted by atomic mass is 32.2. The Bertz CT molecular complexity index is 3410. The van der Waals surface area contributed by atoms with Gasteiger partial charge in [0, 0.05) is 22.1 Å². The second-order valence-electron chi connectivity index (χ2n) is 13.7. The summed E-state index contributed by atoms with van der Waals surface area (Å²) in [5.74, 6) is -1.06. The van der Waals surface area contributed by atoms with E-state index in [4.69, 9.17) is 11.5 Å². The summed E-state index contributed by atoms with van der Waals surface area (Å²) < 4.78 is 136. The van der Waals surface area contributed by atoms with Gasteiger partial charge in [-0.05, 0) is 126 Å². The molecule has 6 aromatic rings. The second-order valence-corrected chi connectivity index (χ2v) is 19.3. The molecule has 0 saturated heterocycles. The van der Waals surface area contributed by atoms with Crippen molar-refractivity contribution < 1.29 is 57.0 Å². The molecule has 0 atom stereocenters. The molecule has 61 heavy (non-hydrogen) atoms. The summed E-state index contributed by atoms with van der Waals surface area (Å²) in [7, 11) is -19.5. The molecule has 1 fully saturated rings. The molecule has 316 valence electrons. The highest BCUT2D eigenvalue weighted by Crippen LogP contribution is 2.52. The van der Waals surface area contributed by atoms with Crippen LogP contribution >= 0.6 is 0 Å². The molecule has 9 N–H and O–H groups in total. The maximum atomic E-state index is 12.5. The highest BCUT2D eigenvalue weighted by molar-refractivity contribution is 7.86. The zero-order valence-electron chi connectivity index (χ0n) is 31.0. The van der Waals surface area contributed by atoms with E-state index in [1.54, 1.807) is 6.92 Å². The van der Waals surface area contributed by atoms with Gasteiger partial charge in [0.1, 0.15) is 21.2 Å². The Morgan fingerprint density at radius 2 is 0.967 bits per heavy atom. The van der Waals surface area contributed by atoms with Gasteiger partial charge in [0.05, 0.1) is 32.5 Å². The summed E-state index contributed by atoms with van der Waals surface area (Å²) in [5.41, 5.74) is 12.8. The fourth-order valence-corrected chi connectivity index (χ4v) is 8.86. The number of nitrogens with two attached hydrogens (primary N) is 2. The highest BCUT2D eigenvalue weighted by Gasteiger charge is 2.34. The summed E-state index contributed by atoms with van der Waals surface area (Å²) in [6, 6.07) is 16.2. The number of hydrogen-bond acceptors (Lipinski definition) is 17. The first-order valence-corrected chi connectivity index (χ1v) is 23.0. The van der Waals surface area contributed by atoms with Crippen LogP contribution in [0.4, 0.5) is 45.5 Å². The van der Waals surface area contributed by atoms with Crippen molar-refractivity contribution in [1.82, 2.24) is 0 Å². The number of hydrogen-bond donors (Lipinski definition) is 7. The van der Waals surface area contributed by atoms with Crippen molar-refractivity contribution in [3.05, 3.63) is 90.0 Å². The molecule has 0 radical (unpaired) electrons. The lowest BCUT2D eigenvalue weighted by Crippen LogP contribution is -2.04. The van der Waals surface area contributed by atoms with Crippen LogP contribution in [-0.4, -0.2) is 57.0 Å². The largest absolute Gasteiger partial charge is 0.505 e. The Kier molecular flexibility index (Phi) is 10.7. The number of anilines is 2. The van der Waals surface area contributed by atoms with Gasteiger partial charge in [0.15, 0.2) is 5.75 Å². The van der Waals surface area contributed by atoms with Crippen LogP contribution in [0.1, 0.15) is 29.9 Å². The molecule has 0 aliphatic heterocycles.